The van der Waals surface area contributed by atoms with Crippen LogP contribution in [-0.4, -0.2) is 48.0 Å². The Balaban J connectivity index is 0.000000292. The summed E-state index contributed by atoms with van der Waals surface area (Å²) in [5.41, 5.74) is 10.2. The molecule has 0 spiro atoms. The molecule has 0 fully saturated rings. The molecular weight excluding hydrogens is 1240 g/mol. The Bertz CT molecular complexity index is 3080. The number of nitrogens with one attached hydrogen (secondary N) is 2. The van der Waals surface area contributed by atoms with Crippen LogP contribution in [0.3, 0.4) is 0 Å². The van der Waals surface area contributed by atoms with Crippen LogP contribution in [0.2, 0.25) is 0 Å². The molecule has 404 valence electrons. The number of nitriles is 1. The Morgan fingerprint density at radius 2 is 0.899 bits per heavy atom. The average molecular weight is 1310 g/mol. The summed E-state index contributed by atoms with van der Waals surface area (Å²) >= 11 is 4.53. The molecule has 0 aliphatic rings. The van der Waals surface area contributed by atoms with Gasteiger partial charge in [-0.3, -0.25) is 0 Å². The number of rotatable bonds is 18. The van der Waals surface area contributed by atoms with E-state index in [1.807, 2.05) is 24.3 Å². The first kappa shape index (κ1) is 63.7. The molecule has 0 amide bonds. The molecule has 0 unspecified atom stereocenters. The SMILES string of the molecule is CCP(CC)CC.CCP(CC)CC.N#C/C(=C\c1ccc(-c2cc[c]s2)s1)C(=O)O.[C]#Cc1ccc(C=C(c2ccc([NH+](c3ccccc3)c3ccccc3)cc2)c2ccc([NH+](c3ccccc3)c3ccccc3)cc2)s1.[Pt]. The minimum atomic E-state index is -1.20. The van der Waals surface area contributed by atoms with Crippen molar-refractivity contribution in [3.63, 3.8) is 0 Å². The van der Waals surface area contributed by atoms with E-state index in [2.05, 4.69) is 235 Å². The third-order valence-corrected chi connectivity index (χ3v) is 21.3. The molecular formula is C68H69N3O2P2PtS3+2. The van der Waals surface area contributed by atoms with Crippen molar-refractivity contribution in [1.82, 2.24) is 0 Å². The summed E-state index contributed by atoms with van der Waals surface area (Å²) in [6, 6.07) is 73.4. The molecule has 0 bridgehead atoms. The maximum absolute atomic E-state index is 10.7. The monoisotopic (exact) mass is 1310 g/mol. The molecule has 3 N–H and O–H groups in total. The number of aliphatic carboxylic acids is 1. The van der Waals surface area contributed by atoms with E-state index < -0.39 is 5.97 Å². The number of para-hydroxylation sites is 4. The first-order chi connectivity index (χ1) is 38.2. The summed E-state index contributed by atoms with van der Waals surface area (Å²) in [5.74, 6) is 1.33. The number of carboxylic acid groups (broad SMARTS) is 1. The molecule has 11 heteroatoms. The Hall–Kier alpha value is -6.11. The second-order valence-corrected chi connectivity index (χ2v) is 27.2. The Morgan fingerprint density at radius 1 is 0.519 bits per heavy atom. The van der Waals surface area contributed by atoms with Gasteiger partial charge in [0.15, 0.2) is 0 Å². The molecule has 5 nitrogen and oxygen atoms in total. The van der Waals surface area contributed by atoms with E-state index in [0.717, 1.165) is 41.1 Å². The smallest absolute Gasteiger partial charge is 0.346 e. The second-order valence-electron chi connectivity index (χ2n) is 17.6. The van der Waals surface area contributed by atoms with Crippen LogP contribution in [0.4, 0.5) is 34.1 Å². The van der Waals surface area contributed by atoms with Gasteiger partial charge in [-0.05, 0) is 187 Å². The van der Waals surface area contributed by atoms with Crippen LogP contribution in [0.25, 0.3) is 27.5 Å². The number of hydrogen-bond acceptors (Lipinski definition) is 5. The Kier molecular flexibility index (Phi) is 28.1. The Morgan fingerprint density at radius 3 is 1.22 bits per heavy atom. The molecule has 9 rings (SSSR count). The van der Waals surface area contributed by atoms with Gasteiger partial charge >= 0.3 is 5.97 Å². The van der Waals surface area contributed by atoms with Gasteiger partial charge in [0.25, 0.3) is 0 Å². The van der Waals surface area contributed by atoms with Crippen molar-refractivity contribution in [2.75, 3.05) is 37.0 Å². The van der Waals surface area contributed by atoms with E-state index in [4.69, 9.17) is 16.8 Å². The van der Waals surface area contributed by atoms with Crippen LogP contribution in [-0.2, 0) is 25.9 Å². The predicted molar refractivity (Wildman–Crippen MR) is 341 cm³/mol. The Labute approximate surface area is 499 Å². The summed E-state index contributed by atoms with van der Waals surface area (Å²) in [6.45, 7) is 13.7. The number of carboxylic acids is 1. The van der Waals surface area contributed by atoms with Crippen molar-refractivity contribution in [3.05, 3.63) is 249 Å². The maximum atomic E-state index is 10.7. The third-order valence-electron chi connectivity index (χ3n) is 12.9. The summed E-state index contributed by atoms with van der Waals surface area (Å²) in [5, 5.41) is 20.4. The zero-order valence-electron chi connectivity index (χ0n) is 45.8. The van der Waals surface area contributed by atoms with Crippen molar-refractivity contribution >= 4 is 108 Å². The molecule has 2 radical (unpaired) electrons. The standard InChI is InChI=1S/C44H31N2S.C12H6NO2S2.2C6H15P.Pt/c1-2-42-31-32-43(47-42)33-44(34-23-27-40(28-24-34)45(36-15-7-3-8-16-36)37-17-9-4-10-18-37)35-25-29-41(30-26-35)46(38-19-11-5-12-20-38)39-21-13-6-14-22-39;13-7-8(12(14)15)6-9-3-4-11(17-9)10-2-1-5-16-10;2*1-4-7(5-2)6-3;/h3-33H;1-4,6H,(H,14,15);2*4-6H2,1-3H3;/p+2/b;8-6+;;;. The van der Waals surface area contributed by atoms with E-state index >= 15 is 0 Å². The fourth-order valence-corrected chi connectivity index (χ4v) is 13.7. The van der Waals surface area contributed by atoms with Gasteiger partial charge in [-0.2, -0.15) is 5.26 Å². The second kappa shape index (κ2) is 34.8. The summed E-state index contributed by atoms with van der Waals surface area (Å²) in [7, 11) is 0.892. The quantitative estimate of drug-likeness (QED) is 0.0347. The molecule has 0 aliphatic carbocycles. The van der Waals surface area contributed by atoms with Crippen LogP contribution in [0, 0.1) is 29.1 Å². The van der Waals surface area contributed by atoms with Crippen molar-refractivity contribution in [2.24, 2.45) is 0 Å². The fraction of sp³-hybridized carbons (Fsp3) is 0.176. The van der Waals surface area contributed by atoms with E-state index in [1.165, 1.54) is 110 Å². The fourth-order valence-electron chi connectivity index (χ4n) is 8.59. The van der Waals surface area contributed by atoms with Gasteiger partial charge in [0, 0.05) is 70.2 Å². The number of benzene rings is 6. The minimum absolute atomic E-state index is 0. The normalized spacial score (nSPS) is 10.7. The van der Waals surface area contributed by atoms with E-state index in [9.17, 15) is 4.79 Å². The van der Waals surface area contributed by atoms with E-state index in [0.29, 0.717) is 15.8 Å². The number of quaternary nitrogens is 2. The largest absolute Gasteiger partial charge is 0.477 e. The molecule has 79 heavy (non-hydrogen) atoms. The van der Waals surface area contributed by atoms with Crippen LogP contribution in [0.5, 0.6) is 0 Å². The molecule has 9 aromatic rings. The average Bonchev–Trinajstić information content (AvgIpc) is 4.33. The zero-order valence-corrected chi connectivity index (χ0v) is 52.3. The molecule has 3 heterocycles. The number of carbonyl (C=O) groups is 1. The van der Waals surface area contributed by atoms with E-state index in [1.54, 1.807) is 23.5 Å². The first-order valence-corrected chi connectivity index (χ1v) is 32.7. The van der Waals surface area contributed by atoms with Crippen LogP contribution in [0.1, 0.15) is 67.3 Å². The van der Waals surface area contributed by atoms with Gasteiger partial charge in [-0.25, -0.2) is 14.6 Å². The number of hydrogen-bond donors (Lipinski definition) is 3. The van der Waals surface area contributed by atoms with Gasteiger partial charge in [0.1, 0.15) is 45.8 Å². The number of nitrogens with zero attached hydrogens (tertiary/aromatic N) is 1. The van der Waals surface area contributed by atoms with Gasteiger partial charge in [0.2, 0.25) is 0 Å². The number of thiophene rings is 3. The van der Waals surface area contributed by atoms with Gasteiger partial charge in [-0.1, -0.05) is 114 Å². The van der Waals surface area contributed by atoms with Crippen LogP contribution >= 0.6 is 49.9 Å². The van der Waals surface area contributed by atoms with Crippen molar-refractivity contribution in [2.45, 2.75) is 41.5 Å². The van der Waals surface area contributed by atoms with Crippen molar-refractivity contribution in [1.29, 1.82) is 5.26 Å². The minimum Gasteiger partial charge on any atom is -0.477 e. The van der Waals surface area contributed by atoms with Gasteiger partial charge in [-0.15, -0.1) is 49.9 Å². The topological polar surface area (TPSA) is 70.0 Å². The van der Waals surface area contributed by atoms with E-state index in [-0.39, 0.29) is 26.6 Å². The van der Waals surface area contributed by atoms with Crippen LogP contribution < -0.4 is 9.80 Å². The van der Waals surface area contributed by atoms with Gasteiger partial charge in [0.05, 0.1) is 4.88 Å². The zero-order chi connectivity index (χ0) is 55.5. The third kappa shape index (κ3) is 19.3. The molecule has 3 aromatic heterocycles. The first-order valence-electron chi connectivity index (χ1n) is 26.4. The van der Waals surface area contributed by atoms with Crippen LogP contribution in [0.15, 0.2) is 212 Å². The van der Waals surface area contributed by atoms with Crippen molar-refractivity contribution < 1.29 is 40.8 Å². The van der Waals surface area contributed by atoms with Gasteiger partial charge < -0.3 is 5.11 Å². The molecule has 0 atom stereocenters. The molecule has 6 aromatic carbocycles. The predicted octanol–water partition coefficient (Wildman–Crippen LogP) is 18.0. The van der Waals surface area contributed by atoms with Crippen molar-refractivity contribution in [3.8, 4) is 21.7 Å². The summed E-state index contributed by atoms with van der Waals surface area (Å²) < 4.78 is 0. The summed E-state index contributed by atoms with van der Waals surface area (Å²) in [6.07, 6.45) is 19.7. The molecule has 0 aliphatic heterocycles. The maximum Gasteiger partial charge on any atom is 0.346 e. The molecule has 0 saturated heterocycles. The summed E-state index contributed by atoms with van der Waals surface area (Å²) in [4.78, 5) is 17.9. The molecule has 0 saturated carbocycles.